The Kier molecular flexibility index (Phi) is 6.36. The predicted octanol–water partition coefficient (Wildman–Crippen LogP) is 4.42. The Hall–Kier alpha value is -2.36. The molecule has 0 bridgehead atoms. The van der Waals surface area contributed by atoms with Crippen molar-refractivity contribution >= 4 is 5.91 Å². The molecule has 0 aliphatic rings. The molecule has 0 aliphatic heterocycles. The van der Waals surface area contributed by atoms with Crippen molar-refractivity contribution in [3.05, 3.63) is 65.5 Å². The van der Waals surface area contributed by atoms with Crippen LogP contribution in [0.15, 0.2) is 48.5 Å². The Bertz CT molecular complexity index is 670. The second-order valence-electron chi connectivity index (χ2n) is 5.77. The summed E-state index contributed by atoms with van der Waals surface area (Å²) in [7, 11) is 0. The number of amides is 1. The lowest BCUT2D eigenvalue weighted by Gasteiger charge is -2.21. The standard InChI is InChI=1S/C20H24FNO2/c1-4-15-10-12-16(13-11-15)14(3)22-20(23)18(5-2)24-19-9-7-6-8-17(19)21/h6-14,18H,4-5H2,1-3H3,(H,22,23)/t14-,18-/m1/s1. The van der Waals surface area contributed by atoms with Crippen LogP contribution in [-0.4, -0.2) is 12.0 Å². The van der Waals surface area contributed by atoms with E-state index in [4.69, 9.17) is 4.74 Å². The normalized spacial score (nSPS) is 13.2. The van der Waals surface area contributed by atoms with Crippen LogP contribution in [0.1, 0.15) is 44.4 Å². The summed E-state index contributed by atoms with van der Waals surface area (Å²) >= 11 is 0. The van der Waals surface area contributed by atoms with E-state index >= 15 is 0 Å². The molecule has 0 aromatic heterocycles. The highest BCUT2D eigenvalue weighted by Crippen LogP contribution is 2.19. The summed E-state index contributed by atoms with van der Waals surface area (Å²) in [6.45, 7) is 5.87. The van der Waals surface area contributed by atoms with Gasteiger partial charge >= 0.3 is 0 Å². The van der Waals surface area contributed by atoms with Crippen molar-refractivity contribution in [3.8, 4) is 5.75 Å². The lowest BCUT2D eigenvalue weighted by molar-refractivity contribution is -0.128. The molecule has 1 amide bonds. The van der Waals surface area contributed by atoms with Crippen LogP contribution < -0.4 is 10.1 Å². The first kappa shape index (κ1) is 18.0. The van der Waals surface area contributed by atoms with Crippen molar-refractivity contribution in [1.82, 2.24) is 5.32 Å². The predicted molar refractivity (Wildman–Crippen MR) is 93.5 cm³/mol. The molecule has 1 N–H and O–H groups in total. The molecule has 2 rings (SSSR count). The number of rotatable bonds is 7. The number of hydrogen-bond donors (Lipinski definition) is 1. The van der Waals surface area contributed by atoms with Gasteiger partial charge in [-0.25, -0.2) is 4.39 Å². The number of ether oxygens (including phenoxy) is 1. The van der Waals surface area contributed by atoms with Gasteiger partial charge in [0, 0.05) is 0 Å². The summed E-state index contributed by atoms with van der Waals surface area (Å²) in [6, 6.07) is 14.1. The first-order chi connectivity index (χ1) is 11.5. The quantitative estimate of drug-likeness (QED) is 0.816. The van der Waals surface area contributed by atoms with Crippen LogP contribution in [0.3, 0.4) is 0 Å². The van der Waals surface area contributed by atoms with E-state index < -0.39 is 11.9 Å². The molecule has 4 heteroatoms. The molecular weight excluding hydrogens is 305 g/mol. The molecule has 0 saturated heterocycles. The number of carbonyl (C=O) groups excluding carboxylic acids is 1. The number of halogens is 1. The van der Waals surface area contributed by atoms with E-state index in [1.807, 2.05) is 26.0 Å². The van der Waals surface area contributed by atoms with Gasteiger partial charge < -0.3 is 10.1 Å². The second-order valence-corrected chi connectivity index (χ2v) is 5.77. The number of carbonyl (C=O) groups is 1. The number of nitrogens with one attached hydrogen (secondary N) is 1. The van der Waals surface area contributed by atoms with Crippen molar-refractivity contribution in [2.45, 2.75) is 45.8 Å². The number of para-hydroxylation sites is 1. The zero-order valence-corrected chi connectivity index (χ0v) is 14.4. The third kappa shape index (κ3) is 4.57. The fourth-order valence-electron chi connectivity index (χ4n) is 2.45. The van der Waals surface area contributed by atoms with Gasteiger partial charge in [0.1, 0.15) is 0 Å². The lowest BCUT2D eigenvalue weighted by Crippen LogP contribution is -2.39. The number of benzene rings is 2. The van der Waals surface area contributed by atoms with E-state index in [9.17, 15) is 9.18 Å². The van der Waals surface area contributed by atoms with Gasteiger partial charge in [-0.15, -0.1) is 0 Å². The van der Waals surface area contributed by atoms with E-state index in [-0.39, 0.29) is 17.7 Å². The molecule has 0 heterocycles. The summed E-state index contributed by atoms with van der Waals surface area (Å²) < 4.78 is 19.2. The van der Waals surface area contributed by atoms with Crippen LogP contribution in [0.5, 0.6) is 5.75 Å². The average molecular weight is 329 g/mol. The van der Waals surface area contributed by atoms with Gasteiger partial charge in [-0.2, -0.15) is 0 Å². The minimum atomic E-state index is -0.723. The highest BCUT2D eigenvalue weighted by Gasteiger charge is 2.21. The van der Waals surface area contributed by atoms with Crippen LogP contribution in [0.2, 0.25) is 0 Å². The summed E-state index contributed by atoms with van der Waals surface area (Å²) in [6.07, 6.45) is 0.719. The van der Waals surface area contributed by atoms with E-state index in [1.54, 1.807) is 12.1 Å². The van der Waals surface area contributed by atoms with Gasteiger partial charge in [0.05, 0.1) is 6.04 Å². The Morgan fingerprint density at radius 1 is 1.12 bits per heavy atom. The Morgan fingerprint density at radius 3 is 2.38 bits per heavy atom. The zero-order valence-electron chi connectivity index (χ0n) is 14.4. The maximum Gasteiger partial charge on any atom is 0.261 e. The first-order valence-electron chi connectivity index (χ1n) is 8.35. The van der Waals surface area contributed by atoms with Crippen LogP contribution in [0.4, 0.5) is 4.39 Å². The highest BCUT2D eigenvalue weighted by molar-refractivity contribution is 5.81. The fourth-order valence-corrected chi connectivity index (χ4v) is 2.45. The minimum Gasteiger partial charge on any atom is -0.478 e. The molecule has 0 radical (unpaired) electrons. The SMILES string of the molecule is CCc1ccc([C@@H](C)NC(=O)[C@@H](CC)Oc2ccccc2F)cc1. The van der Waals surface area contributed by atoms with Crippen molar-refractivity contribution in [2.24, 2.45) is 0 Å². The third-order valence-electron chi connectivity index (χ3n) is 4.02. The van der Waals surface area contributed by atoms with Gasteiger partial charge in [0.2, 0.25) is 0 Å². The van der Waals surface area contributed by atoms with Gasteiger partial charge in [-0.1, -0.05) is 50.2 Å². The van der Waals surface area contributed by atoms with E-state index in [0.717, 1.165) is 12.0 Å². The maximum absolute atomic E-state index is 13.7. The van der Waals surface area contributed by atoms with Crippen molar-refractivity contribution in [2.75, 3.05) is 0 Å². The molecule has 0 fully saturated rings. The zero-order chi connectivity index (χ0) is 17.5. The molecule has 0 unspecified atom stereocenters. The molecule has 3 nitrogen and oxygen atoms in total. The van der Waals surface area contributed by atoms with Gasteiger partial charge in [0.25, 0.3) is 5.91 Å². The topological polar surface area (TPSA) is 38.3 Å². The van der Waals surface area contributed by atoms with Gasteiger partial charge in [-0.05, 0) is 43.0 Å². The monoisotopic (exact) mass is 329 g/mol. The molecule has 2 aromatic rings. The summed E-state index contributed by atoms with van der Waals surface area (Å²) in [5.41, 5.74) is 2.29. The summed E-state index contributed by atoms with van der Waals surface area (Å²) in [5.74, 6) is -0.612. The summed E-state index contributed by atoms with van der Waals surface area (Å²) in [5, 5.41) is 2.94. The third-order valence-corrected chi connectivity index (χ3v) is 4.02. The molecule has 128 valence electrons. The van der Waals surface area contributed by atoms with Gasteiger partial charge in [-0.3, -0.25) is 4.79 Å². The van der Waals surface area contributed by atoms with E-state index in [1.165, 1.54) is 17.7 Å². The molecule has 24 heavy (non-hydrogen) atoms. The number of aryl methyl sites for hydroxylation is 1. The first-order valence-corrected chi connectivity index (χ1v) is 8.35. The highest BCUT2D eigenvalue weighted by atomic mass is 19.1. The molecule has 2 aromatic carbocycles. The Labute approximate surface area is 142 Å². The molecule has 2 atom stereocenters. The van der Waals surface area contributed by atoms with E-state index in [0.29, 0.717) is 6.42 Å². The smallest absolute Gasteiger partial charge is 0.261 e. The Morgan fingerprint density at radius 2 is 1.79 bits per heavy atom. The largest absolute Gasteiger partial charge is 0.478 e. The second kappa shape index (κ2) is 8.48. The van der Waals surface area contributed by atoms with Crippen molar-refractivity contribution in [3.63, 3.8) is 0 Å². The van der Waals surface area contributed by atoms with E-state index in [2.05, 4.69) is 24.4 Å². The molecular formula is C20H24FNO2. The minimum absolute atomic E-state index is 0.0967. The molecule has 0 saturated carbocycles. The lowest BCUT2D eigenvalue weighted by atomic mass is 10.0. The number of hydrogen-bond acceptors (Lipinski definition) is 2. The van der Waals surface area contributed by atoms with Crippen molar-refractivity contribution in [1.29, 1.82) is 0 Å². The fraction of sp³-hybridized carbons (Fsp3) is 0.350. The van der Waals surface area contributed by atoms with Crippen LogP contribution in [0, 0.1) is 5.82 Å². The van der Waals surface area contributed by atoms with Crippen LogP contribution in [0.25, 0.3) is 0 Å². The maximum atomic E-state index is 13.7. The summed E-state index contributed by atoms with van der Waals surface area (Å²) in [4.78, 5) is 12.4. The van der Waals surface area contributed by atoms with Gasteiger partial charge in [0.15, 0.2) is 17.7 Å². The molecule has 0 aliphatic carbocycles. The van der Waals surface area contributed by atoms with Crippen LogP contribution in [-0.2, 0) is 11.2 Å². The van der Waals surface area contributed by atoms with Crippen molar-refractivity contribution < 1.29 is 13.9 Å². The Balaban J connectivity index is 2.01. The van der Waals surface area contributed by atoms with Crippen LogP contribution >= 0.6 is 0 Å². The average Bonchev–Trinajstić information content (AvgIpc) is 2.61. The molecule has 0 spiro atoms.